The normalized spacial score (nSPS) is 15.8. The first-order valence-corrected chi connectivity index (χ1v) is 9.98. The van der Waals surface area contributed by atoms with E-state index < -0.39 is 10.0 Å². The lowest BCUT2D eigenvalue weighted by Gasteiger charge is -2.29. The Hall–Kier alpha value is -2.06. The Morgan fingerprint density at radius 1 is 1.25 bits per heavy atom. The van der Waals surface area contributed by atoms with E-state index in [2.05, 4.69) is 9.38 Å². The molecule has 0 N–H and O–H groups in total. The first-order valence-electron chi connectivity index (χ1n) is 7.32. The number of hydrogen-bond donors (Lipinski definition) is 0. The quantitative estimate of drug-likeness (QED) is 0.832. The zero-order chi connectivity index (χ0) is 17.3. The summed E-state index contributed by atoms with van der Waals surface area (Å²) in [6.45, 7) is 3.91. The van der Waals surface area contributed by atoms with Gasteiger partial charge in [0.15, 0.2) is 5.17 Å². The van der Waals surface area contributed by atoms with Crippen LogP contribution in [0.5, 0.6) is 5.75 Å². The number of nitrogens with zero attached hydrogens (tertiary/aromatic N) is 3. The minimum absolute atomic E-state index is 0.0483. The van der Waals surface area contributed by atoms with Crippen LogP contribution in [-0.2, 0) is 10.0 Å². The second-order valence-corrected chi connectivity index (χ2v) is 7.74. The predicted octanol–water partition coefficient (Wildman–Crippen LogP) is 3.43. The number of ether oxygens (including phenoxy) is 1. The molecule has 0 saturated carbocycles. The van der Waals surface area contributed by atoms with Gasteiger partial charge in [0.05, 0.1) is 17.5 Å². The average molecular weight is 363 g/mol. The van der Waals surface area contributed by atoms with E-state index in [1.807, 2.05) is 38.1 Å². The number of benzene rings is 1. The van der Waals surface area contributed by atoms with E-state index in [-0.39, 0.29) is 11.0 Å². The van der Waals surface area contributed by atoms with Crippen molar-refractivity contribution in [1.82, 2.24) is 4.98 Å². The predicted molar refractivity (Wildman–Crippen MR) is 96.7 cm³/mol. The monoisotopic (exact) mass is 363 g/mol. The average Bonchev–Trinajstić information content (AvgIpc) is 2.54. The largest absolute Gasteiger partial charge is 0.491 e. The standard InChI is InChI=1S/C16H17N3O3S2/c1-11(2)22-13-6-4-5-12(9-13)19-14-7-8-17-10-15(14)24(20,21)18-16(19)23-3/h4-11H,1-3H3. The maximum Gasteiger partial charge on any atom is 0.288 e. The lowest BCUT2D eigenvalue weighted by atomic mass is 10.2. The molecular weight excluding hydrogens is 346 g/mol. The lowest BCUT2D eigenvalue weighted by Crippen LogP contribution is -2.29. The third-order valence-corrected chi connectivity index (χ3v) is 5.34. The molecule has 1 aromatic carbocycles. The summed E-state index contributed by atoms with van der Waals surface area (Å²) in [5.41, 5.74) is 1.31. The molecule has 8 heteroatoms. The van der Waals surface area contributed by atoms with Gasteiger partial charge < -0.3 is 4.74 Å². The molecule has 0 fully saturated rings. The van der Waals surface area contributed by atoms with Crippen molar-refractivity contribution in [1.29, 1.82) is 0 Å². The molecule has 0 bridgehead atoms. The molecule has 1 aliphatic heterocycles. The van der Waals surface area contributed by atoms with E-state index in [1.54, 1.807) is 23.4 Å². The molecule has 0 saturated heterocycles. The van der Waals surface area contributed by atoms with Crippen LogP contribution in [0, 0.1) is 0 Å². The van der Waals surface area contributed by atoms with Gasteiger partial charge in [-0.15, -0.1) is 4.40 Å². The first kappa shape index (κ1) is 16.8. The fraction of sp³-hybridized carbons (Fsp3) is 0.250. The molecule has 1 aromatic heterocycles. The Morgan fingerprint density at radius 2 is 2.04 bits per heavy atom. The summed E-state index contributed by atoms with van der Waals surface area (Å²) in [6, 6.07) is 9.17. The van der Waals surface area contributed by atoms with E-state index in [0.29, 0.717) is 16.6 Å². The van der Waals surface area contributed by atoms with Crippen molar-refractivity contribution >= 4 is 38.3 Å². The van der Waals surface area contributed by atoms with Crippen LogP contribution in [0.15, 0.2) is 52.0 Å². The second kappa shape index (κ2) is 6.45. The van der Waals surface area contributed by atoms with E-state index in [4.69, 9.17) is 4.74 Å². The second-order valence-electron chi connectivity index (χ2n) is 5.40. The Bertz CT molecular complexity index is 895. The third-order valence-electron chi connectivity index (χ3n) is 3.30. The summed E-state index contributed by atoms with van der Waals surface area (Å²) in [4.78, 5) is 5.82. The number of hydrogen-bond acceptors (Lipinski definition) is 6. The topological polar surface area (TPSA) is 71.9 Å². The maximum atomic E-state index is 12.3. The molecule has 0 atom stereocenters. The number of amidine groups is 1. The molecule has 0 radical (unpaired) electrons. The van der Waals surface area contributed by atoms with Gasteiger partial charge in [0.1, 0.15) is 10.6 Å². The van der Waals surface area contributed by atoms with Crippen LogP contribution in [0.25, 0.3) is 0 Å². The fourth-order valence-corrected chi connectivity index (χ4v) is 4.38. The van der Waals surface area contributed by atoms with Gasteiger partial charge in [-0.3, -0.25) is 9.88 Å². The molecule has 24 heavy (non-hydrogen) atoms. The zero-order valence-electron chi connectivity index (χ0n) is 13.5. The van der Waals surface area contributed by atoms with Crippen molar-refractivity contribution in [2.75, 3.05) is 11.2 Å². The maximum absolute atomic E-state index is 12.3. The van der Waals surface area contributed by atoms with Crippen molar-refractivity contribution in [2.45, 2.75) is 24.8 Å². The third kappa shape index (κ3) is 3.11. The summed E-state index contributed by atoms with van der Waals surface area (Å²) in [7, 11) is -3.74. The highest BCUT2D eigenvalue weighted by Crippen LogP contribution is 2.39. The van der Waals surface area contributed by atoms with E-state index in [9.17, 15) is 8.42 Å². The number of pyridine rings is 1. The zero-order valence-corrected chi connectivity index (χ0v) is 15.1. The van der Waals surface area contributed by atoms with E-state index >= 15 is 0 Å². The lowest BCUT2D eigenvalue weighted by molar-refractivity contribution is 0.242. The van der Waals surface area contributed by atoms with Crippen LogP contribution in [-0.4, -0.2) is 30.9 Å². The molecule has 0 amide bonds. The van der Waals surface area contributed by atoms with Crippen molar-refractivity contribution in [3.63, 3.8) is 0 Å². The van der Waals surface area contributed by atoms with E-state index in [0.717, 1.165) is 5.69 Å². The van der Waals surface area contributed by atoms with Gasteiger partial charge in [-0.25, -0.2) is 0 Å². The number of rotatable bonds is 3. The molecule has 6 nitrogen and oxygen atoms in total. The minimum atomic E-state index is -3.74. The highest BCUT2D eigenvalue weighted by Gasteiger charge is 2.31. The van der Waals surface area contributed by atoms with Crippen molar-refractivity contribution < 1.29 is 13.2 Å². The SMILES string of the molecule is CSC1=NS(=O)(=O)c2cnccc2N1c1cccc(OC(C)C)c1. The van der Waals surface area contributed by atoms with Gasteiger partial charge in [-0.05, 0) is 38.3 Å². The molecule has 2 heterocycles. The van der Waals surface area contributed by atoms with Crippen LogP contribution in [0.2, 0.25) is 0 Å². The molecule has 0 spiro atoms. The van der Waals surface area contributed by atoms with Gasteiger partial charge in [0.25, 0.3) is 10.0 Å². The summed E-state index contributed by atoms with van der Waals surface area (Å²) in [5.74, 6) is 0.715. The Morgan fingerprint density at radius 3 is 2.75 bits per heavy atom. The number of aromatic nitrogens is 1. The molecular formula is C16H17N3O3S2. The number of anilines is 2. The van der Waals surface area contributed by atoms with Crippen molar-refractivity contribution in [3.8, 4) is 5.75 Å². The Labute approximate surface area is 145 Å². The van der Waals surface area contributed by atoms with Gasteiger partial charge in [0.2, 0.25) is 0 Å². The summed E-state index contributed by atoms with van der Waals surface area (Å²) in [6.07, 6.45) is 4.74. The number of sulfonamides is 1. The van der Waals surface area contributed by atoms with Gasteiger partial charge in [-0.1, -0.05) is 17.8 Å². The Kier molecular flexibility index (Phi) is 4.51. The van der Waals surface area contributed by atoms with E-state index in [1.165, 1.54) is 18.0 Å². The van der Waals surface area contributed by atoms with Crippen LogP contribution < -0.4 is 9.64 Å². The molecule has 3 rings (SSSR count). The molecule has 126 valence electrons. The number of thioether (sulfide) groups is 1. The highest BCUT2D eigenvalue weighted by molar-refractivity contribution is 8.14. The molecule has 0 aliphatic carbocycles. The molecule has 0 unspecified atom stereocenters. The van der Waals surface area contributed by atoms with Gasteiger partial charge in [-0.2, -0.15) is 8.42 Å². The van der Waals surface area contributed by atoms with Crippen LogP contribution >= 0.6 is 11.8 Å². The summed E-state index contributed by atoms with van der Waals surface area (Å²) in [5, 5.41) is 0.385. The van der Waals surface area contributed by atoms with Crippen LogP contribution in [0.3, 0.4) is 0 Å². The number of fused-ring (bicyclic) bond motifs is 1. The van der Waals surface area contributed by atoms with Crippen molar-refractivity contribution in [3.05, 3.63) is 42.7 Å². The van der Waals surface area contributed by atoms with Gasteiger partial charge >= 0.3 is 0 Å². The molecule has 2 aromatic rings. The fourth-order valence-electron chi connectivity index (χ4n) is 2.40. The van der Waals surface area contributed by atoms with Gasteiger partial charge in [0, 0.05) is 18.5 Å². The summed E-state index contributed by atoms with van der Waals surface area (Å²) < 4.78 is 34.3. The van der Waals surface area contributed by atoms with Crippen molar-refractivity contribution in [2.24, 2.45) is 4.40 Å². The first-order chi connectivity index (χ1) is 11.4. The smallest absolute Gasteiger partial charge is 0.288 e. The van der Waals surface area contributed by atoms with Crippen LogP contribution in [0.1, 0.15) is 13.8 Å². The Balaban J connectivity index is 2.16. The van der Waals surface area contributed by atoms with Crippen LogP contribution in [0.4, 0.5) is 11.4 Å². The minimum Gasteiger partial charge on any atom is -0.491 e. The molecule has 1 aliphatic rings. The summed E-state index contributed by atoms with van der Waals surface area (Å²) >= 11 is 1.27. The highest BCUT2D eigenvalue weighted by atomic mass is 32.2.